The molecule has 0 N–H and O–H groups in total. The van der Waals surface area contributed by atoms with Crippen LogP contribution in [0.4, 0.5) is 0 Å². The molecule has 0 aliphatic carbocycles. The fourth-order valence-corrected chi connectivity index (χ4v) is 3.28. The van der Waals surface area contributed by atoms with E-state index in [0.717, 1.165) is 5.56 Å². The Hall–Kier alpha value is -2.90. The predicted octanol–water partition coefficient (Wildman–Crippen LogP) is 2.46. The Morgan fingerprint density at radius 2 is 1.62 bits per heavy atom. The van der Waals surface area contributed by atoms with Crippen LogP contribution in [0.15, 0.2) is 52.8 Å². The van der Waals surface area contributed by atoms with Crippen molar-refractivity contribution in [1.82, 2.24) is 9.80 Å². The second-order valence-electron chi connectivity index (χ2n) is 6.84. The molecule has 29 heavy (non-hydrogen) atoms. The standard InChI is InChI=1S/C22H26N2O5/c1-16-6-8-17(9-7-16)19-20(23(10-13-27-2)11-14-28-3)22(26)24(21(19)25)15-18-5-4-12-29-18/h4-9,12H,10-11,13-15H2,1-3H3. The Morgan fingerprint density at radius 1 is 0.966 bits per heavy atom. The Kier molecular flexibility index (Phi) is 6.85. The van der Waals surface area contributed by atoms with E-state index in [1.54, 1.807) is 26.4 Å². The number of carbonyl (C=O) groups excluding carboxylic acids is 2. The first-order valence-corrected chi connectivity index (χ1v) is 9.49. The van der Waals surface area contributed by atoms with Crippen molar-refractivity contribution in [1.29, 1.82) is 0 Å². The zero-order chi connectivity index (χ0) is 20.8. The molecule has 1 aliphatic rings. The number of amides is 2. The van der Waals surface area contributed by atoms with Gasteiger partial charge in [-0.05, 0) is 24.6 Å². The van der Waals surface area contributed by atoms with Crippen molar-refractivity contribution < 1.29 is 23.5 Å². The molecule has 0 unspecified atom stereocenters. The molecule has 2 amide bonds. The van der Waals surface area contributed by atoms with Crippen LogP contribution in [0.2, 0.25) is 0 Å². The maximum Gasteiger partial charge on any atom is 0.278 e. The molecule has 7 nitrogen and oxygen atoms in total. The summed E-state index contributed by atoms with van der Waals surface area (Å²) in [6.07, 6.45) is 1.53. The Bertz CT molecular complexity index is 863. The minimum absolute atomic E-state index is 0.0892. The average molecular weight is 398 g/mol. The summed E-state index contributed by atoms with van der Waals surface area (Å²) in [6.45, 7) is 3.86. The molecule has 0 fully saturated rings. The summed E-state index contributed by atoms with van der Waals surface area (Å²) in [5.74, 6) is -0.115. The molecule has 0 spiro atoms. The lowest BCUT2D eigenvalue weighted by Gasteiger charge is -2.25. The predicted molar refractivity (Wildman–Crippen MR) is 108 cm³/mol. The fraction of sp³-hybridized carbons (Fsp3) is 0.364. The van der Waals surface area contributed by atoms with Crippen molar-refractivity contribution in [3.63, 3.8) is 0 Å². The largest absolute Gasteiger partial charge is 0.467 e. The Balaban J connectivity index is 2.03. The van der Waals surface area contributed by atoms with Gasteiger partial charge in [-0.1, -0.05) is 29.8 Å². The second-order valence-corrected chi connectivity index (χ2v) is 6.84. The molecule has 1 aromatic heterocycles. The van der Waals surface area contributed by atoms with Crippen molar-refractivity contribution in [3.8, 4) is 0 Å². The number of furan rings is 1. The number of carbonyl (C=O) groups is 2. The number of ether oxygens (including phenoxy) is 2. The van der Waals surface area contributed by atoms with Gasteiger partial charge in [0.05, 0.1) is 31.6 Å². The molecule has 2 aromatic rings. The molecular weight excluding hydrogens is 372 g/mol. The van der Waals surface area contributed by atoms with Crippen LogP contribution in [0.25, 0.3) is 5.57 Å². The summed E-state index contributed by atoms with van der Waals surface area (Å²) in [5, 5.41) is 0. The Labute approximate surface area is 170 Å². The summed E-state index contributed by atoms with van der Waals surface area (Å²) < 4.78 is 15.8. The van der Waals surface area contributed by atoms with E-state index in [1.165, 1.54) is 11.2 Å². The normalized spacial score (nSPS) is 14.2. The lowest BCUT2D eigenvalue weighted by Crippen LogP contribution is -2.37. The van der Waals surface area contributed by atoms with E-state index >= 15 is 0 Å². The number of benzene rings is 1. The monoisotopic (exact) mass is 398 g/mol. The fourth-order valence-electron chi connectivity index (χ4n) is 3.28. The van der Waals surface area contributed by atoms with Crippen LogP contribution in [0.5, 0.6) is 0 Å². The van der Waals surface area contributed by atoms with Gasteiger partial charge in [-0.15, -0.1) is 0 Å². The van der Waals surface area contributed by atoms with Gasteiger partial charge in [0.1, 0.15) is 11.5 Å². The molecule has 0 radical (unpaired) electrons. The highest BCUT2D eigenvalue weighted by molar-refractivity contribution is 6.35. The van der Waals surface area contributed by atoms with E-state index in [4.69, 9.17) is 13.9 Å². The first kappa shape index (κ1) is 20.8. The number of hydrogen-bond acceptors (Lipinski definition) is 6. The van der Waals surface area contributed by atoms with Crippen LogP contribution in [0.3, 0.4) is 0 Å². The third-order valence-electron chi connectivity index (χ3n) is 4.82. The first-order valence-electron chi connectivity index (χ1n) is 9.49. The lowest BCUT2D eigenvalue weighted by molar-refractivity contribution is -0.138. The molecule has 0 saturated heterocycles. The third kappa shape index (κ3) is 4.58. The van der Waals surface area contributed by atoms with E-state index in [-0.39, 0.29) is 18.4 Å². The highest BCUT2D eigenvalue weighted by Crippen LogP contribution is 2.32. The minimum Gasteiger partial charge on any atom is -0.467 e. The molecular formula is C22H26N2O5. The maximum absolute atomic E-state index is 13.3. The number of imide groups is 1. The van der Waals surface area contributed by atoms with Crippen LogP contribution in [-0.2, 0) is 25.6 Å². The van der Waals surface area contributed by atoms with Crippen LogP contribution in [0.1, 0.15) is 16.9 Å². The number of nitrogens with zero attached hydrogens (tertiary/aromatic N) is 2. The van der Waals surface area contributed by atoms with Crippen LogP contribution < -0.4 is 0 Å². The first-order chi connectivity index (χ1) is 14.1. The topological polar surface area (TPSA) is 72.2 Å². The number of rotatable bonds is 10. The molecule has 154 valence electrons. The van der Waals surface area contributed by atoms with Crippen molar-refractivity contribution in [2.24, 2.45) is 0 Å². The van der Waals surface area contributed by atoms with Gasteiger partial charge in [0, 0.05) is 27.3 Å². The van der Waals surface area contributed by atoms with Crippen LogP contribution in [-0.4, -0.2) is 62.1 Å². The molecule has 2 heterocycles. The van der Waals surface area contributed by atoms with E-state index < -0.39 is 0 Å². The van der Waals surface area contributed by atoms with Crippen molar-refractivity contribution in [3.05, 3.63) is 65.2 Å². The summed E-state index contributed by atoms with van der Waals surface area (Å²) in [6, 6.07) is 11.1. The highest BCUT2D eigenvalue weighted by Gasteiger charge is 2.41. The molecule has 1 aromatic carbocycles. The second kappa shape index (κ2) is 9.54. The third-order valence-corrected chi connectivity index (χ3v) is 4.82. The van der Waals surface area contributed by atoms with Gasteiger partial charge in [-0.25, -0.2) is 0 Å². The summed E-state index contributed by atoms with van der Waals surface area (Å²) in [5.41, 5.74) is 2.56. The zero-order valence-corrected chi connectivity index (χ0v) is 17.0. The van der Waals surface area contributed by atoms with Crippen molar-refractivity contribution in [2.45, 2.75) is 13.5 Å². The quantitative estimate of drug-likeness (QED) is 0.573. The van der Waals surface area contributed by atoms with E-state index in [2.05, 4.69) is 0 Å². The van der Waals surface area contributed by atoms with E-state index in [9.17, 15) is 9.59 Å². The van der Waals surface area contributed by atoms with Gasteiger partial charge in [0.2, 0.25) is 0 Å². The molecule has 0 bridgehead atoms. The van der Waals surface area contributed by atoms with Gasteiger partial charge in [0.25, 0.3) is 11.8 Å². The summed E-state index contributed by atoms with van der Waals surface area (Å²) >= 11 is 0. The van der Waals surface area contributed by atoms with Crippen molar-refractivity contribution >= 4 is 17.4 Å². The average Bonchev–Trinajstić information content (AvgIpc) is 3.32. The zero-order valence-electron chi connectivity index (χ0n) is 17.0. The minimum atomic E-state index is -0.339. The maximum atomic E-state index is 13.3. The molecule has 0 saturated carbocycles. The summed E-state index contributed by atoms with van der Waals surface area (Å²) in [7, 11) is 3.21. The molecule has 7 heteroatoms. The number of hydrogen-bond donors (Lipinski definition) is 0. The van der Waals surface area contributed by atoms with Gasteiger partial charge in [-0.3, -0.25) is 14.5 Å². The molecule has 0 atom stereocenters. The molecule has 3 rings (SSSR count). The highest BCUT2D eigenvalue weighted by atomic mass is 16.5. The van der Waals surface area contributed by atoms with Crippen LogP contribution >= 0.6 is 0 Å². The summed E-state index contributed by atoms with van der Waals surface area (Å²) in [4.78, 5) is 29.7. The van der Waals surface area contributed by atoms with Gasteiger partial charge in [-0.2, -0.15) is 0 Å². The smallest absolute Gasteiger partial charge is 0.278 e. The number of methoxy groups -OCH3 is 2. The van der Waals surface area contributed by atoms with Gasteiger partial charge >= 0.3 is 0 Å². The van der Waals surface area contributed by atoms with E-state index in [0.29, 0.717) is 48.9 Å². The van der Waals surface area contributed by atoms with E-state index in [1.807, 2.05) is 36.1 Å². The van der Waals surface area contributed by atoms with Crippen LogP contribution in [0, 0.1) is 6.92 Å². The SMILES string of the molecule is COCCN(CCOC)C1=C(c2ccc(C)cc2)C(=O)N(Cc2ccco2)C1=O. The number of aryl methyl sites for hydroxylation is 1. The molecule has 1 aliphatic heterocycles. The van der Waals surface area contributed by atoms with Crippen molar-refractivity contribution in [2.75, 3.05) is 40.5 Å². The Morgan fingerprint density at radius 3 is 2.17 bits per heavy atom. The lowest BCUT2D eigenvalue weighted by atomic mass is 10.0. The van der Waals surface area contributed by atoms with Gasteiger partial charge < -0.3 is 18.8 Å². The van der Waals surface area contributed by atoms with Gasteiger partial charge in [0.15, 0.2) is 0 Å².